The molecule has 2 aliphatic heterocycles. The number of fused-ring (bicyclic) bond motifs is 14. The van der Waals surface area contributed by atoms with Crippen LogP contribution in [0.2, 0.25) is 0 Å². The van der Waals surface area contributed by atoms with Gasteiger partial charge in [0.1, 0.15) is 0 Å². The third-order valence-electron chi connectivity index (χ3n) is 13.7. The van der Waals surface area contributed by atoms with Gasteiger partial charge in [0, 0.05) is 34.1 Å². The fraction of sp³-hybridized carbons (Fsp3) is 0.143. The second-order valence-electron chi connectivity index (χ2n) is 18.4. The molecule has 2 nitrogen and oxygen atoms in total. The minimum Gasteiger partial charge on any atom is -0.311 e. The van der Waals surface area contributed by atoms with Gasteiger partial charge in [0.25, 0.3) is 6.71 Å². The van der Waals surface area contributed by atoms with Crippen molar-refractivity contribution in [2.45, 2.75) is 52.4 Å². The Morgan fingerprint density at radius 1 is 0.407 bits per heavy atom. The van der Waals surface area contributed by atoms with Crippen molar-refractivity contribution in [1.82, 2.24) is 0 Å². The van der Waals surface area contributed by atoms with E-state index in [-0.39, 0.29) is 17.5 Å². The molecular weight excluding hydrogens is 711 g/mol. The van der Waals surface area contributed by atoms with Crippen molar-refractivity contribution in [3.63, 3.8) is 0 Å². The van der Waals surface area contributed by atoms with Crippen LogP contribution in [0.15, 0.2) is 164 Å². The Labute approximate surface area is 348 Å². The van der Waals surface area contributed by atoms with Crippen LogP contribution < -0.4 is 26.2 Å². The number of nitrogens with zero attached hydrogens (tertiary/aromatic N) is 2. The summed E-state index contributed by atoms with van der Waals surface area (Å²) in [6.07, 6.45) is 0. The molecule has 0 unspecified atom stereocenters. The predicted octanol–water partition coefficient (Wildman–Crippen LogP) is 12.3. The van der Waals surface area contributed by atoms with Crippen molar-refractivity contribution >= 4 is 57.2 Å². The number of benzene rings is 8. The normalized spacial score (nSPS) is 14.6. The topological polar surface area (TPSA) is 6.48 Å². The average Bonchev–Trinajstić information content (AvgIpc) is 3.70. The Morgan fingerprint density at radius 2 is 0.881 bits per heavy atom. The molecule has 0 fully saturated rings. The van der Waals surface area contributed by atoms with Crippen LogP contribution in [0.25, 0.3) is 22.3 Å². The molecule has 8 aromatic rings. The van der Waals surface area contributed by atoms with Crippen molar-refractivity contribution in [2.75, 3.05) is 9.80 Å². The molecule has 59 heavy (non-hydrogen) atoms. The first-order valence-electron chi connectivity index (χ1n) is 21.1. The molecule has 2 aliphatic carbocycles. The molecule has 282 valence electrons. The Balaban J connectivity index is 1.16. The van der Waals surface area contributed by atoms with E-state index in [4.69, 9.17) is 0 Å². The molecule has 0 aromatic heterocycles. The Bertz CT molecular complexity index is 3070. The second kappa shape index (κ2) is 12.0. The summed E-state index contributed by atoms with van der Waals surface area (Å²) in [7, 11) is 0. The molecule has 3 heteroatoms. The molecule has 12 rings (SSSR count). The van der Waals surface area contributed by atoms with Gasteiger partial charge in [-0.25, -0.2) is 0 Å². The highest BCUT2D eigenvalue weighted by molar-refractivity contribution is 7.00. The van der Waals surface area contributed by atoms with Crippen LogP contribution in [0, 0.1) is 20.8 Å². The number of hydrogen-bond acceptors (Lipinski definition) is 2. The van der Waals surface area contributed by atoms with E-state index in [0.717, 1.165) is 0 Å². The van der Waals surface area contributed by atoms with Crippen LogP contribution >= 0.6 is 0 Å². The van der Waals surface area contributed by atoms with E-state index in [1.54, 1.807) is 0 Å². The molecular formula is C56H45BN2. The standard InChI is InChI=1S/C56H45BN2/c1-34-14-13-15-38(28-34)58-50-29-35(2)22-26-48(50)57-49-27-23-36(3)30-51(49)59(53-32-37(55(4,5)6)31-52(58)54(53)57)39-24-25-47-43(33-39)42-18-9-12-21-46(42)56(47)44-19-10-7-16-40(44)41-17-8-11-20-45(41)56/h7-33H,1-6H3. The molecule has 0 saturated heterocycles. The molecule has 0 atom stereocenters. The summed E-state index contributed by atoms with van der Waals surface area (Å²) in [6, 6.07) is 63.0. The molecule has 2 heterocycles. The lowest BCUT2D eigenvalue weighted by Crippen LogP contribution is -2.61. The lowest BCUT2D eigenvalue weighted by molar-refractivity contribution is 0.590. The summed E-state index contributed by atoms with van der Waals surface area (Å²) in [5, 5.41) is 0. The monoisotopic (exact) mass is 756 g/mol. The van der Waals surface area contributed by atoms with Gasteiger partial charge in [0.15, 0.2) is 0 Å². The smallest absolute Gasteiger partial charge is 0.252 e. The van der Waals surface area contributed by atoms with Crippen LogP contribution in [0.4, 0.5) is 34.1 Å². The van der Waals surface area contributed by atoms with Gasteiger partial charge in [-0.05, 0) is 158 Å². The first-order valence-corrected chi connectivity index (χ1v) is 21.1. The largest absolute Gasteiger partial charge is 0.311 e. The van der Waals surface area contributed by atoms with Crippen molar-refractivity contribution in [2.24, 2.45) is 0 Å². The minimum absolute atomic E-state index is 0.0856. The zero-order valence-electron chi connectivity index (χ0n) is 34.6. The van der Waals surface area contributed by atoms with Crippen molar-refractivity contribution in [3.05, 3.63) is 208 Å². The fourth-order valence-electron chi connectivity index (χ4n) is 11.2. The molecule has 0 saturated carbocycles. The molecule has 0 N–H and O–H groups in total. The van der Waals surface area contributed by atoms with E-state index in [1.807, 2.05) is 0 Å². The first kappa shape index (κ1) is 34.5. The Hall–Kier alpha value is -6.58. The van der Waals surface area contributed by atoms with Gasteiger partial charge in [-0.15, -0.1) is 0 Å². The number of hydrogen-bond donors (Lipinski definition) is 0. The van der Waals surface area contributed by atoms with Crippen molar-refractivity contribution in [1.29, 1.82) is 0 Å². The molecule has 1 spiro atoms. The van der Waals surface area contributed by atoms with Crippen molar-refractivity contribution < 1.29 is 0 Å². The van der Waals surface area contributed by atoms with E-state index >= 15 is 0 Å². The molecule has 0 radical (unpaired) electrons. The summed E-state index contributed by atoms with van der Waals surface area (Å²) in [6.45, 7) is 13.8. The minimum atomic E-state index is -0.374. The molecule has 8 aromatic carbocycles. The quantitative estimate of drug-likeness (QED) is 0.162. The highest BCUT2D eigenvalue weighted by Gasteiger charge is 2.52. The highest BCUT2D eigenvalue weighted by Crippen LogP contribution is 2.63. The van der Waals surface area contributed by atoms with Gasteiger partial charge in [-0.3, -0.25) is 0 Å². The summed E-state index contributed by atoms with van der Waals surface area (Å²) in [4.78, 5) is 5.15. The zero-order valence-corrected chi connectivity index (χ0v) is 34.6. The average molecular weight is 757 g/mol. The van der Waals surface area contributed by atoms with Gasteiger partial charge in [-0.1, -0.05) is 136 Å². The molecule has 0 bridgehead atoms. The van der Waals surface area contributed by atoms with E-state index in [1.165, 1.54) is 117 Å². The summed E-state index contributed by atoms with van der Waals surface area (Å²) in [5.74, 6) is 0. The maximum atomic E-state index is 2.60. The van der Waals surface area contributed by atoms with E-state index in [0.29, 0.717) is 0 Å². The predicted molar refractivity (Wildman–Crippen MR) is 250 cm³/mol. The second-order valence-corrected chi connectivity index (χ2v) is 18.4. The lowest BCUT2D eigenvalue weighted by atomic mass is 9.33. The van der Waals surface area contributed by atoms with Gasteiger partial charge in [-0.2, -0.15) is 0 Å². The van der Waals surface area contributed by atoms with Crippen molar-refractivity contribution in [3.8, 4) is 22.3 Å². The first-order chi connectivity index (χ1) is 28.6. The van der Waals surface area contributed by atoms with Crippen LogP contribution in [0.3, 0.4) is 0 Å². The fourth-order valence-corrected chi connectivity index (χ4v) is 11.2. The van der Waals surface area contributed by atoms with Gasteiger partial charge < -0.3 is 9.80 Å². The number of anilines is 6. The molecule has 4 aliphatic rings. The van der Waals surface area contributed by atoms with Gasteiger partial charge >= 0.3 is 0 Å². The summed E-state index contributed by atoms with van der Waals surface area (Å²) < 4.78 is 0. The maximum absolute atomic E-state index is 2.60. The van der Waals surface area contributed by atoms with Gasteiger partial charge in [0.05, 0.1) is 5.41 Å². The summed E-state index contributed by atoms with van der Waals surface area (Å²) >= 11 is 0. The van der Waals surface area contributed by atoms with E-state index in [9.17, 15) is 0 Å². The van der Waals surface area contributed by atoms with Gasteiger partial charge in [0.2, 0.25) is 0 Å². The lowest BCUT2D eigenvalue weighted by Gasteiger charge is -2.45. The highest BCUT2D eigenvalue weighted by atomic mass is 15.2. The van der Waals surface area contributed by atoms with Crippen LogP contribution in [-0.2, 0) is 10.8 Å². The third-order valence-corrected chi connectivity index (χ3v) is 13.7. The maximum Gasteiger partial charge on any atom is 0.252 e. The van der Waals surface area contributed by atoms with Crippen LogP contribution in [-0.4, -0.2) is 6.71 Å². The SMILES string of the molecule is Cc1cccc(N2c3cc(C)ccc3B3c4ccc(C)cc4N(c4ccc5c(c4)-c4ccccc4C54c5ccccc5-c5ccccc54)c4cc(C(C)(C)C)cc2c43)c1. The Morgan fingerprint density at radius 3 is 1.41 bits per heavy atom. The molecule has 0 amide bonds. The zero-order chi connectivity index (χ0) is 39.9. The van der Waals surface area contributed by atoms with E-state index < -0.39 is 0 Å². The summed E-state index contributed by atoms with van der Waals surface area (Å²) in [5.41, 5.74) is 26.9. The Kier molecular flexibility index (Phi) is 7.00. The number of aryl methyl sites for hydroxylation is 3. The van der Waals surface area contributed by atoms with Crippen LogP contribution in [0.1, 0.15) is 65.3 Å². The third kappa shape index (κ3) is 4.59. The van der Waals surface area contributed by atoms with E-state index in [2.05, 4.69) is 215 Å². The van der Waals surface area contributed by atoms with Crippen LogP contribution in [0.5, 0.6) is 0 Å². The number of rotatable bonds is 2.